The van der Waals surface area contributed by atoms with Crippen molar-refractivity contribution in [2.24, 2.45) is 0 Å². The van der Waals surface area contributed by atoms with Gasteiger partial charge < -0.3 is 23.8 Å². The predicted octanol–water partition coefficient (Wildman–Crippen LogP) is 7.87. The van der Waals surface area contributed by atoms with Crippen LogP contribution in [0.15, 0.2) is 87.9 Å². The van der Waals surface area contributed by atoms with Gasteiger partial charge in [-0.05, 0) is 48.7 Å². The summed E-state index contributed by atoms with van der Waals surface area (Å²) >= 11 is 0. The Hall–Kier alpha value is -4.89. The van der Waals surface area contributed by atoms with Crippen LogP contribution in [0.2, 0.25) is 0 Å². The number of rotatable bonds is 15. The summed E-state index contributed by atoms with van der Waals surface area (Å²) in [5.41, 5.74) is 4.94. The van der Waals surface area contributed by atoms with Gasteiger partial charge in [-0.15, -0.1) is 0 Å². The van der Waals surface area contributed by atoms with E-state index in [0.717, 1.165) is 35.5 Å². The van der Waals surface area contributed by atoms with Crippen LogP contribution in [0.3, 0.4) is 0 Å². The highest BCUT2D eigenvalue weighted by atomic mass is 16.5. The minimum atomic E-state index is -0.368. The molecule has 1 N–H and O–H groups in total. The van der Waals surface area contributed by atoms with E-state index < -0.39 is 0 Å². The molecule has 240 valence electrons. The molecule has 0 saturated heterocycles. The lowest BCUT2D eigenvalue weighted by atomic mass is 9.95. The van der Waals surface area contributed by atoms with Crippen molar-refractivity contribution in [1.29, 1.82) is 0 Å². The summed E-state index contributed by atoms with van der Waals surface area (Å²) in [4.78, 5) is 15.5. The molecule has 0 fully saturated rings. The summed E-state index contributed by atoms with van der Waals surface area (Å²) < 4.78 is 24.7. The summed E-state index contributed by atoms with van der Waals surface area (Å²) in [5.74, 6) is 1.71. The van der Waals surface area contributed by atoms with E-state index in [-0.39, 0.29) is 17.5 Å². The van der Waals surface area contributed by atoms with Crippen molar-refractivity contribution in [1.82, 2.24) is 20.5 Å². The number of nitrogens with zero attached hydrogens (tertiary/aromatic N) is 3. The lowest BCUT2D eigenvalue weighted by molar-refractivity contribution is 0.0947. The zero-order valence-electron chi connectivity index (χ0n) is 27.2. The highest BCUT2D eigenvalue weighted by Crippen LogP contribution is 2.44. The average Bonchev–Trinajstić information content (AvgIpc) is 3.73. The monoisotopic (exact) mass is 622 g/mol. The maximum atomic E-state index is 13.3. The molecular formula is C37H42N4O5. The fraction of sp³-hybridized carbons (Fsp3) is 0.324. The van der Waals surface area contributed by atoms with E-state index in [1.807, 2.05) is 85.8 Å². The Kier molecular flexibility index (Phi) is 10.9. The Morgan fingerprint density at radius 2 is 1.46 bits per heavy atom. The number of nitrogens with one attached hydrogen (secondary N) is 1. The minimum absolute atomic E-state index is 0.105. The van der Waals surface area contributed by atoms with Gasteiger partial charge in [0.2, 0.25) is 0 Å². The predicted molar refractivity (Wildman–Crippen MR) is 178 cm³/mol. The topological polar surface area (TPSA) is 103 Å². The minimum Gasteiger partial charge on any atom is -0.488 e. The summed E-state index contributed by atoms with van der Waals surface area (Å²) in [6.45, 7) is 13.8. The van der Waals surface area contributed by atoms with Crippen molar-refractivity contribution >= 4 is 5.91 Å². The molecule has 5 aromatic rings. The van der Waals surface area contributed by atoms with Crippen LogP contribution in [-0.4, -0.2) is 40.8 Å². The van der Waals surface area contributed by atoms with Gasteiger partial charge in [-0.3, -0.25) is 9.69 Å². The maximum absolute atomic E-state index is 13.3. The molecule has 0 atom stereocenters. The molecule has 0 aliphatic heterocycles. The van der Waals surface area contributed by atoms with E-state index in [0.29, 0.717) is 60.4 Å². The van der Waals surface area contributed by atoms with Crippen LogP contribution >= 0.6 is 0 Å². The van der Waals surface area contributed by atoms with Gasteiger partial charge >= 0.3 is 0 Å². The van der Waals surface area contributed by atoms with Crippen molar-refractivity contribution in [3.8, 4) is 34.1 Å². The van der Waals surface area contributed by atoms with Crippen molar-refractivity contribution < 1.29 is 23.3 Å². The molecule has 3 aromatic carbocycles. The van der Waals surface area contributed by atoms with Gasteiger partial charge in [0.15, 0.2) is 17.2 Å². The number of hydrogen-bond donors (Lipinski definition) is 1. The molecular weight excluding hydrogens is 580 g/mol. The van der Waals surface area contributed by atoms with E-state index in [1.165, 1.54) is 0 Å². The molecule has 0 spiro atoms. The Bertz CT molecular complexity index is 1710. The fourth-order valence-corrected chi connectivity index (χ4v) is 5.20. The molecule has 0 bridgehead atoms. The molecule has 9 heteroatoms. The standard InChI is InChI=1S/C37H42N4O5/c1-6-38-37(42)35-34(33-19-28(39-45-33)22-41(7-2)8-3)36(46-40-35)30-20-29(25(4)5)31(43-23-26-15-11-9-12-16-26)21-32(30)44-24-27-17-13-10-14-18-27/h9-21,25H,6-8,22-24H2,1-5H3,(H,38,42). The normalized spacial score (nSPS) is 11.3. The first kappa shape index (κ1) is 32.5. The summed E-state index contributed by atoms with van der Waals surface area (Å²) in [5, 5.41) is 11.4. The van der Waals surface area contributed by atoms with Crippen LogP contribution in [-0.2, 0) is 19.8 Å². The highest BCUT2D eigenvalue weighted by Gasteiger charge is 2.30. The third kappa shape index (κ3) is 7.66. The van der Waals surface area contributed by atoms with Crippen molar-refractivity contribution in [3.05, 3.63) is 107 Å². The number of ether oxygens (including phenoxy) is 2. The zero-order chi connectivity index (χ0) is 32.5. The van der Waals surface area contributed by atoms with Crippen LogP contribution in [0.1, 0.15) is 73.4 Å². The van der Waals surface area contributed by atoms with Crippen LogP contribution in [0, 0.1) is 0 Å². The molecule has 0 aliphatic carbocycles. The molecule has 0 unspecified atom stereocenters. The Morgan fingerprint density at radius 3 is 2.04 bits per heavy atom. The molecule has 0 radical (unpaired) electrons. The Labute approximate surface area is 270 Å². The zero-order valence-corrected chi connectivity index (χ0v) is 27.2. The first-order valence-corrected chi connectivity index (χ1v) is 15.9. The van der Waals surface area contributed by atoms with E-state index in [1.54, 1.807) is 0 Å². The first-order valence-electron chi connectivity index (χ1n) is 15.9. The van der Waals surface area contributed by atoms with Gasteiger partial charge in [0.05, 0.1) is 11.3 Å². The first-order chi connectivity index (χ1) is 22.4. The third-order valence-electron chi connectivity index (χ3n) is 7.78. The largest absolute Gasteiger partial charge is 0.488 e. The van der Waals surface area contributed by atoms with Gasteiger partial charge in [-0.2, -0.15) is 0 Å². The van der Waals surface area contributed by atoms with Gasteiger partial charge in [0, 0.05) is 25.2 Å². The lowest BCUT2D eigenvalue weighted by Gasteiger charge is -2.19. The number of benzene rings is 3. The van der Waals surface area contributed by atoms with Gasteiger partial charge in [0.25, 0.3) is 5.91 Å². The summed E-state index contributed by atoms with van der Waals surface area (Å²) in [6.07, 6.45) is 0. The van der Waals surface area contributed by atoms with Gasteiger partial charge in [-0.25, -0.2) is 0 Å². The molecule has 1 amide bonds. The number of carbonyl (C=O) groups excluding carboxylic acids is 1. The van der Waals surface area contributed by atoms with Gasteiger partial charge in [0.1, 0.15) is 30.3 Å². The van der Waals surface area contributed by atoms with Crippen molar-refractivity contribution in [2.75, 3.05) is 19.6 Å². The van der Waals surface area contributed by atoms with Crippen LogP contribution in [0.25, 0.3) is 22.6 Å². The molecule has 2 heterocycles. The van der Waals surface area contributed by atoms with Crippen molar-refractivity contribution in [3.63, 3.8) is 0 Å². The summed E-state index contributed by atoms with van der Waals surface area (Å²) in [6, 6.07) is 25.7. The molecule has 5 rings (SSSR count). The number of hydrogen-bond acceptors (Lipinski definition) is 8. The number of amides is 1. The fourth-order valence-electron chi connectivity index (χ4n) is 5.20. The van der Waals surface area contributed by atoms with E-state index in [4.69, 9.17) is 18.5 Å². The lowest BCUT2D eigenvalue weighted by Crippen LogP contribution is -2.23. The Morgan fingerprint density at radius 1 is 0.826 bits per heavy atom. The van der Waals surface area contributed by atoms with E-state index in [2.05, 4.69) is 48.2 Å². The smallest absolute Gasteiger partial charge is 0.274 e. The summed E-state index contributed by atoms with van der Waals surface area (Å²) in [7, 11) is 0. The molecule has 0 saturated carbocycles. The van der Waals surface area contributed by atoms with E-state index in [9.17, 15) is 4.79 Å². The van der Waals surface area contributed by atoms with Gasteiger partial charge in [-0.1, -0.05) is 98.7 Å². The number of aromatic nitrogens is 2. The second-order valence-electron chi connectivity index (χ2n) is 11.3. The van der Waals surface area contributed by atoms with Crippen LogP contribution in [0.4, 0.5) is 0 Å². The maximum Gasteiger partial charge on any atom is 0.274 e. The van der Waals surface area contributed by atoms with Crippen LogP contribution in [0.5, 0.6) is 11.5 Å². The SMILES string of the molecule is CCNC(=O)c1noc(-c2cc(C(C)C)c(OCc3ccccc3)cc2OCc2ccccc2)c1-c1cc(CN(CC)CC)no1. The number of carbonyl (C=O) groups is 1. The molecule has 2 aromatic heterocycles. The quantitative estimate of drug-likeness (QED) is 0.126. The highest BCUT2D eigenvalue weighted by molar-refractivity contribution is 6.01. The average molecular weight is 623 g/mol. The van der Waals surface area contributed by atoms with Crippen LogP contribution < -0.4 is 14.8 Å². The van der Waals surface area contributed by atoms with Crippen molar-refractivity contribution in [2.45, 2.75) is 60.3 Å². The second kappa shape index (κ2) is 15.4. The molecule has 0 aliphatic rings. The second-order valence-corrected chi connectivity index (χ2v) is 11.3. The van der Waals surface area contributed by atoms with E-state index >= 15 is 0 Å². The molecule has 9 nitrogen and oxygen atoms in total. The third-order valence-corrected chi connectivity index (χ3v) is 7.78. The molecule has 46 heavy (non-hydrogen) atoms. The Balaban J connectivity index is 1.63.